The molecule has 150 valence electrons. The minimum atomic E-state index is 0.0279. The number of aromatic amines is 1. The third kappa shape index (κ3) is 1.98. The van der Waals surface area contributed by atoms with Gasteiger partial charge in [0.05, 0.1) is 0 Å². The zero-order chi connectivity index (χ0) is 21.1. The first-order chi connectivity index (χ1) is 14.9. The van der Waals surface area contributed by atoms with Gasteiger partial charge in [-0.25, -0.2) is 0 Å². The molecule has 1 heterocycles. The van der Waals surface area contributed by atoms with Crippen molar-refractivity contribution in [1.82, 2.24) is 4.98 Å². The monoisotopic (exact) mass is 399 g/mol. The van der Waals surface area contributed by atoms with Crippen LogP contribution in [-0.2, 0) is 10.8 Å². The first kappa shape index (κ1) is 17.4. The van der Waals surface area contributed by atoms with Crippen LogP contribution in [0.15, 0.2) is 72.8 Å². The molecule has 0 radical (unpaired) electrons. The summed E-state index contributed by atoms with van der Waals surface area (Å²) in [5.41, 5.74) is 13.8. The van der Waals surface area contributed by atoms with Crippen molar-refractivity contribution in [2.24, 2.45) is 0 Å². The lowest BCUT2D eigenvalue weighted by Gasteiger charge is -2.21. The lowest BCUT2D eigenvalue weighted by atomic mass is 9.82. The summed E-state index contributed by atoms with van der Waals surface area (Å²) in [5, 5.41) is 2.65. The second-order valence-corrected chi connectivity index (χ2v) is 10.4. The number of H-pyrrole nitrogens is 1. The lowest BCUT2D eigenvalue weighted by Crippen LogP contribution is -2.14. The average Bonchev–Trinajstić information content (AvgIpc) is 3.31. The fourth-order valence-electron chi connectivity index (χ4n) is 6.29. The van der Waals surface area contributed by atoms with Gasteiger partial charge >= 0.3 is 0 Å². The fraction of sp³-hybridized carbons (Fsp3) is 0.200. The molecule has 1 N–H and O–H groups in total. The molecule has 1 heteroatoms. The summed E-state index contributed by atoms with van der Waals surface area (Å²) in [7, 11) is 0. The number of rotatable bonds is 0. The van der Waals surface area contributed by atoms with Gasteiger partial charge in [-0.2, -0.15) is 0 Å². The number of aromatic nitrogens is 1. The molecule has 0 spiro atoms. The molecular weight excluding hydrogens is 374 g/mol. The molecular formula is C30H25N. The fourth-order valence-corrected chi connectivity index (χ4v) is 6.29. The highest BCUT2D eigenvalue weighted by Crippen LogP contribution is 2.52. The highest BCUT2D eigenvalue weighted by atomic mass is 14.7. The minimum Gasteiger partial charge on any atom is -0.354 e. The number of benzene rings is 4. The Kier molecular flexibility index (Phi) is 2.96. The number of nitrogens with one attached hydrogen (secondary N) is 1. The second kappa shape index (κ2) is 5.29. The third-order valence-electron chi connectivity index (χ3n) is 8.00. The summed E-state index contributed by atoms with van der Waals surface area (Å²) in [5.74, 6) is 0. The van der Waals surface area contributed by atoms with E-state index in [0.29, 0.717) is 0 Å². The largest absolute Gasteiger partial charge is 0.354 e. The third-order valence-corrected chi connectivity index (χ3v) is 8.00. The van der Waals surface area contributed by atoms with Crippen molar-refractivity contribution in [1.29, 1.82) is 0 Å². The van der Waals surface area contributed by atoms with Crippen molar-refractivity contribution in [3.8, 4) is 22.3 Å². The molecule has 0 saturated heterocycles. The Balaban J connectivity index is 1.57. The summed E-state index contributed by atoms with van der Waals surface area (Å²) in [6, 6.07) is 27.4. The standard InChI is InChI=1S/C30H25N/c1-29(2)23-11-7-5-9-17(23)19-13-21-22-14-20-18-10-6-8-12-24(18)30(3,4)26(20)16-28(22)31-27(21)15-25(19)29/h5-16,31H,1-4H3. The predicted molar refractivity (Wildman–Crippen MR) is 131 cm³/mol. The smallest absolute Gasteiger partial charge is 0.0468 e. The molecule has 0 atom stereocenters. The summed E-state index contributed by atoms with van der Waals surface area (Å²) < 4.78 is 0. The zero-order valence-corrected chi connectivity index (χ0v) is 18.4. The van der Waals surface area contributed by atoms with Crippen molar-refractivity contribution in [2.75, 3.05) is 0 Å². The average molecular weight is 400 g/mol. The van der Waals surface area contributed by atoms with Gasteiger partial charge in [-0.15, -0.1) is 0 Å². The first-order valence-corrected chi connectivity index (χ1v) is 11.2. The van der Waals surface area contributed by atoms with Crippen LogP contribution in [-0.4, -0.2) is 4.98 Å². The zero-order valence-electron chi connectivity index (χ0n) is 18.4. The first-order valence-electron chi connectivity index (χ1n) is 11.2. The summed E-state index contributed by atoms with van der Waals surface area (Å²) in [6.45, 7) is 9.39. The van der Waals surface area contributed by atoms with Crippen LogP contribution in [0.3, 0.4) is 0 Å². The highest BCUT2D eigenvalue weighted by molar-refractivity contribution is 6.12. The van der Waals surface area contributed by atoms with Crippen molar-refractivity contribution < 1.29 is 0 Å². The van der Waals surface area contributed by atoms with Gasteiger partial charge in [0, 0.05) is 32.6 Å². The maximum Gasteiger partial charge on any atom is 0.0468 e. The van der Waals surface area contributed by atoms with Gasteiger partial charge in [-0.05, 0) is 68.8 Å². The van der Waals surface area contributed by atoms with Crippen LogP contribution in [0.1, 0.15) is 49.9 Å². The quantitative estimate of drug-likeness (QED) is 0.272. The van der Waals surface area contributed by atoms with Crippen molar-refractivity contribution in [3.05, 3.63) is 95.1 Å². The lowest BCUT2D eigenvalue weighted by molar-refractivity contribution is 0.661. The van der Waals surface area contributed by atoms with Gasteiger partial charge in [0.2, 0.25) is 0 Å². The van der Waals surface area contributed by atoms with Crippen molar-refractivity contribution in [3.63, 3.8) is 0 Å². The van der Waals surface area contributed by atoms with E-state index in [9.17, 15) is 0 Å². The van der Waals surface area contributed by atoms with E-state index in [1.807, 2.05) is 0 Å². The van der Waals surface area contributed by atoms with Crippen LogP contribution in [0.2, 0.25) is 0 Å². The van der Waals surface area contributed by atoms with E-state index < -0.39 is 0 Å². The molecule has 0 bridgehead atoms. The molecule has 0 unspecified atom stereocenters. The Morgan fingerprint density at radius 1 is 0.484 bits per heavy atom. The predicted octanol–water partition coefficient (Wildman–Crippen LogP) is 7.93. The molecule has 1 nitrogen and oxygen atoms in total. The van der Waals surface area contributed by atoms with Crippen LogP contribution in [0.5, 0.6) is 0 Å². The van der Waals surface area contributed by atoms with E-state index >= 15 is 0 Å². The molecule has 0 amide bonds. The SMILES string of the molecule is CC1(C)c2ccccc2-c2cc3c(cc21)[nH]c1cc2c(cc13)-c1ccccc1C2(C)C. The van der Waals surface area contributed by atoms with Gasteiger partial charge < -0.3 is 4.98 Å². The van der Waals surface area contributed by atoms with Gasteiger partial charge in [0.15, 0.2) is 0 Å². The molecule has 31 heavy (non-hydrogen) atoms. The molecule has 4 aromatic carbocycles. The maximum absolute atomic E-state index is 3.77. The molecule has 2 aliphatic carbocycles. The van der Waals surface area contributed by atoms with Crippen LogP contribution >= 0.6 is 0 Å². The van der Waals surface area contributed by atoms with Crippen molar-refractivity contribution in [2.45, 2.75) is 38.5 Å². The molecule has 5 aromatic rings. The highest BCUT2D eigenvalue weighted by Gasteiger charge is 2.37. The van der Waals surface area contributed by atoms with E-state index in [4.69, 9.17) is 0 Å². The van der Waals surface area contributed by atoms with Crippen LogP contribution in [0.4, 0.5) is 0 Å². The summed E-state index contributed by atoms with van der Waals surface area (Å²) in [4.78, 5) is 3.77. The van der Waals surface area contributed by atoms with E-state index in [1.165, 1.54) is 66.3 Å². The normalized spacial score (nSPS) is 16.9. The van der Waals surface area contributed by atoms with Gasteiger partial charge in [0.25, 0.3) is 0 Å². The van der Waals surface area contributed by atoms with Gasteiger partial charge in [0.1, 0.15) is 0 Å². The molecule has 0 saturated carbocycles. The second-order valence-electron chi connectivity index (χ2n) is 10.4. The van der Waals surface area contributed by atoms with Crippen LogP contribution < -0.4 is 0 Å². The molecule has 1 aromatic heterocycles. The topological polar surface area (TPSA) is 15.8 Å². The number of hydrogen-bond donors (Lipinski definition) is 1. The van der Waals surface area contributed by atoms with Gasteiger partial charge in [-0.3, -0.25) is 0 Å². The maximum atomic E-state index is 3.77. The van der Waals surface area contributed by atoms with E-state index in [2.05, 4.69) is 105 Å². The number of hydrogen-bond acceptors (Lipinski definition) is 0. The van der Waals surface area contributed by atoms with Crippen molar-refractivity contribution >= 4 is 21.8 Å². The Morgan fingerprint density at radius 3 is 1.35 bits per heavy atom. The van der Waals surface area contributed by atoms with E-state index in [0.717, 1.165) is 0 Å². The van der Waals surface area contributed by atoms with E-state index in [-0.39, 0.29) is 10.8 Å². The minimum absolute atomic E-state index is 0.0279. The van der Waals surface area contributed by atoms with Crippen LogP contribution in [0.25, 0.3) is 44.1 Å². The number of fused-ring (bicyclic) bond motifs is 9. The summed E-state index contributed by atoms with van der Waals surface area (Å²) in [6.07, 6.45) is 0. The molecule has 0 fully saturated rings. The van der Waals surface area contributed by atoms with Crippen LogP contribution in [0, 0.1) is 0 Å². The molecule has 2 aliphatic rings. The molecule has 7 rings (SSSR count). The Hall–Kier alpha value is -3.32. The van der Waals surface area contributed by atoms with E-state index in [1.54, 1.807) is 0 Å². The summed E-state index contributed by atoms with van der Waals surface area (Å²) >= 11 is 0. The molecule has 0 aliphatic heterocycles. The Morgan fingerprint density at radius 2 is 0.903 bits per heavy atom. The Labute approximate surface area is 182 Å². The Bertz CT molecular complexity index is 1460. The van der Waals surface area contributed by atoms with Gasteiger partial charge in [-0.1, -0.05) is 76.2 Å².